The molecule has 5 heteroatoms. The van der Waals surface area contributed by atoms with E-state index in [0.717, 1.165) is 28.4 Å². The summed E-state index contributed by atoms with van der Waals surface area (Å²) in [6.45, 7) is 10.4. The zero-order valence-corrected chi connectivity index (χ0v) is 15.2. The highest BCUT2D eigenvalue weighted by molar-refractivity contribution is 5.88. The van der Waals surface area contributed by atoms with E-state index >= 15 is 0 Å². The van der Waals surface area contributed by atoms with Gasteiger partial charge in [-0.05, 0) is 31.2 Å². The molecule has 0 fully saturated rings. The number of rotatable bonds is 4. The van der Waals surface area contributed by atoms with Crippen molar-refractivity contribution in [1.82, 2.24) is 15.0 Å². The number of pyridine rings is 1. The number of fused-ring (bicyclic) bond motifs is 1. The van der Waals surface area contributed by atoms with Crippen LogP contribution in [0, 0.1) is 6.92 Å². The van der Waals surface area contributed by atoms with Crippen molar-refractivity contribution in [1.29, 1.82) is 0 Å². The van der Waals surface area contributed by atoms with Gasteiger partial charge < -0.3 is 10.6 Å². The number of nitrogens with zero attached hydrogens (tertiary/aromatic N) is 3. The fourth-order valence-electron chi connectivity index (χ4n) is 2.01. The Hall–Kier alpha value is -2.69. The molecule has 5 nitrogen and oxygen atoms in total. The van der Waals surface area contributed by atoms with Gasteiger partial charge in [0.15, 0.2) is 0 Å². The molecule has 2 N–H and O–H groups in total. The summed E-state index contributed by atoms with van der Waals surface area (Å²) in [4.78, 5) is 13.1. The molecule has 0 saturated carbocycles. The Balaban J connectivity index is 0.000000671. The van der Waals surface area contributed by atoms with Gasteiger partial charge >= 0.3 is 0 Å². The third-order valence-electron chi connectivity index (χ3n) is 2.91. The van der Waals surface area contributed by atoms with E-state index in [1.54, 1.807) is 6.20 Å². The number of hydrogen-bond acceptors (Lipinski definition) is 5. The van der Waals surface area contributed by atoms with E-state index in [0.29, 0.717) is 6.67 Å². The molecule has 0 aliphatic carbocycles. The maximum atomic E-state index is 4.45. The van der Waals surface area contributed by atoms with Crippen LogP contribution in [0.3, 0.4) is 0 Å². The lowest BCUT2D eigenvalue weighted by Crippen LogP contribution is -2.14. The van der Waals surface area contributed by atoms with Crippen LogP contribution in [-0.4, -0.2) is 21.6 Å². The van der Waals surface area contributed by atoms with Crippen LogP contribution < -0.4 is 10.6 Å². The number of anilines is 2. The third kappa shape index (κ3) is 5.50. The molecule has 0 bridgehead atoms. The number of benzene rings is 1. The average molecular weight is 325 g/mol. The van der Waals surface area contributed by atoms with Gasteiger partial charge in [-0.2, -0.15) is 0 Å². The first-order valence-electron chi connectivity index (χ1n) is 8.45. The Morgan fingerprint density at radius 2 is 1.54 bits per heavy atom. The summed E-state index contributed by atoms with van der Waals surface area (Å²) < 4.78 is 0. The molecule has 0 spiro atoms. The maximum absolute atomic E-state index is 4.45. The number of para-hydroxylation sites is 1. The fourth-order valence-corrected chi connectivity index (χ4v) is 2.01. The van der Waals surface area contributed by atoms with Gasteiger partial charge in [0.2, 0.25) is 0 Å². The molecule has 0 radical (unpaired) electrons. The van der Waals surface area contributed by atoms with E-state index < -0.39 is 0 Å². The zero-order chi connectivity index (χ0) is 17.8. The Bertz CT molecular complexity index is 713. The zero-order valence-electron chi connectivity index (χ0n) is 15.2. The minimum atomic E-state index is 0.553. The van der Waals surface area contributed by atoms with Crippen molar-refractivity contribution in [2.24, 2.45) is 0 Å². The van der Waals surface area contributed by atoms with Gasteiger partial charge in [-0.3, -0.25) is 0 Å². The summed E-state index contributed by atoms with van der Waals surface area (Å²) >= 11 is 0. The van der Waals surface area contributed by atoms with Gasteiger partial charge in [-0.1, -0.05) is 45.9 Å². The van der Waals surface area contributed by atoms with E-state index in [9.17, 15) is 0 Å². The molecule has 0 aliphatic rings. The maximum Gasteiger partial charge on any atom is 0.138 e. The monoisotopic (exact) mass is 325 g/mol. The summed E-state index contributed by atoms with van der Waals surface area (Å²) in [7, 11) is 0. The molecule has 2 heterocycles. The third-order valence-corrected chi connectivity index (χ3v) is 2.91. The summed E-state index contributed by atoms with van der Waals surface area (Å²) in [6.07, 6.45) is 1.76. The van der Waals surface area contributed by atoms with Gasteiger partial charge in [-0.25, -0.2) is 15.0 Å². The molecule has 0 atom stereocenters. The molecule has 2 aromatic heterocycles. The van der Waals surface area contributed by atoms with Gasteiger partial charge in [0.1, 0.15) is 17.5 Å². The molecule has 3 aromatic rings. The van der Waals surface area contributed by atoms with Crippen LogP contribution in [0.25, 0.3) is 10.9 Å². The minimum Gasteiger partial charge on any atom is -0.353 e. The van der Waals surface area contributed by atoms with Crippen LogP contribution in [-0.2, 0) is 0 Å². The van der Waals surface area contributed by atoms with Crippen molar-refractivity contribution in [3.63, 3.8) is 0 Å². The Morgan fingerprint density at radius 3 is 2.25 bits per heavy atom. The first-order chi connectivity index (χ1) is 11.8. The number of hydrogen-bond donors (Lipinski definition) is 2. The van der Waals surface area contributed by atoms with E-state index in [2.05, 4.69) is 25.6 Å². The second kappa shape index (κ2) is 10.9. The molecule has 1 aromatic carbocycles. The first-order valence-corrected chi connectivity index (χ1v) is 8.45. The second-order valence-electron chi connectivity index (χ2n) is 4.38. The van der Waals surface area contributed by atoms with Gasteiger partial charge in [0.25, 0.3) is 0 Å². The highest BCUT2D eigenvalue weighted by atomic mass is 15.1. The van der Waals surface area contributed by atoms with E-state index in [1.807, 2.05) is 77.1 Å². The van der Waals surface area contributed by atoms with Crippen LogP contribution in [0.1, 0.15) is 33.5 Å². The first kappa shape index (κ1) is 19.4. The summed E-state index contributed by atoms with van der Waals surface area (Å²) in [5.41, 5.74) is 0.945. The Morgan fingerprint density at radius 1 is 0.833 bits per heavy atom. The summed E-state index contributed by atoms with van der Waals surface area (Å²) in [5.74, 6) is 2.41. The van der Waals surface area contributed by atoms with Crippen molar-refractivity contribution >= 4 is 22.5 Å². The summed E-state index contributed by atoms with van der Waals surface area (Å²) in [6, 6.07) is 13.7. The fraction of sp³-hybridized carbons (Fsp3) is 0.316. The molecule has 0 aliphatic heterocycles. The molecule has 0 saturated heterocycles. The molecule has 0 unspecified atom stereocenters. The highest BCUT2D eigenvalue weighted by Gasteiger charge is 2.04. The lowest BCUT2D eigenvalue weighted by atomic mass is 10.2. The number of aryl methyl sites for hydroxylation is 1. The lowest BCUT2D eigenvalue weighted by Gasteiger charge is -2.10. The molecule has 3 rings (SSSR count). The van der Waals surface area contributed by atoms with E-state index in [4.69, 9.17) is 0 Å². The van der Waals surface area contributed by atoms with Crippen molar-refractivity contribution in [2.45, 2.75) is 34.6 Å². The van der Waals surface area contributed by atoms with Crippen LogP contribution in [0.4, 0.5) is 11.6 Å². The van der Waals surface area contributed by atoms with Gasteiger partial charge in [-0.15, -0.1) is 0 Å². The van der Waals surface area contributed by atoms with Gasteiger partial charge in [0, 0.05) is 11.6 Å². The summed E-state index contributed by atoms with van der Waals surface area (Å²) in [5, 5.41) is 7.48. The highest BCUT2D eigenvalue weighted by Crippen LogP contribution is 2.19. The number of aromatic nitrogens is 3. The topological polar surface area (TPSA) is 62.7 Å². The molecule has 128 valence electrons. The predicted molar refractivity (Wildman–Crippen MR) is 103 cm³/mol. The van der Waals surface area contributed by atoms with Crippen molar-refractivity contribution in [2.75, 3.05) is 17.3 Å². The average Bonchev–Trinajstić information content (AvgIpc) is 2.66. The predicted octanol–water partition coefficient (Wildman–Crippen LogP) is 4.87. The lowest BCUT2D eigenvalue weighted by molar-refractivity contribution is 1.06. The second-order valence-corrected chi connectivity index (χ2v) is 4.38. The molecule has 0 amide bonds. The normalized spacial score (nSPS) is 9.21. The van der Waals surface area contributed by atoms with Crippen LogP contribution in [0.15, 0.2) is 48.7 Å². The Labute approximate surface area is 144 Å². The Kier molecular flexibility index (Phi) is 8.82. The van der Waals surface area contributed by atoms with Gasteiger partial charge in [0.05, 0.1) is 12.2 Å². The number of nitrogens with one attached hydrogen (secondary N) is 2. The van der Waals surface area contributed by atoms with Crippen molar-refractivity contribution in [3.8, 4) is 0 Å². The van der Waals surface area contributed by atoms with E-state index in [-0.39, 0.29) is 0 Å². The molecular weight excluding hydrogens is 298 g/mol. The minimum absolute atomic E-state index is 0.553. The van der Waals surface area contributed by atoms with Crippen molar-refractivity contribution in [3.05, 3.63) is 54.5 Å². The van der Waals surface area contributed by atoms with E-state index in [1.165, 1.54) is 0 Å². The van der Waals surface area contributed by atoms with Crippen LogP contribution in [0.2, 0.25) is 0 Å². The van der Waals surface area contributed by atoms with Crippen LogP contribution in [0.5, 0.6) is 0 Å². The van der Waals surface area contributed by atoms with Crippen molar-refractivity contribution < 1.29 is 0 Å². The standard InChI is InChI=1S/C15H15N5.2C2H6/c1-11-19-13-7-3-2-6-12(13)15(20-11)18-10-17-14-8-4-5-9-16-14;2*1-2/h2-9H,10H2,1H3,(H,16,17)(H,18,19,20);2*1-2H3. The van der Waals surface area contributed by atoms with Crippen LogP contribution >= 0.6 is 0 Å². The largest absolute Gasteiger partial charge is 0.353 e. The molecular formula is C19H27N5. The molecule has 24 heavy (non-hydrogen) atoms. The smallest absolute Gasteiger partial charge is 0.138 e. The SMILES string of the molecule is CC.CC.Cc1nc(NCNc2ccccn2)c2ccccc2n1. The quantitative estimate of drug-likeness (QED) is 0.670.